The Kier molecular flexibility index (Phi) is 5.30. The summed E-state index contributed by atoms with van der Waals surface area (Å²) in [4.78, 5) is 4.85. The molecule has 112 valence electrons. The van der Waals surface area contributed by atoms with Gasteiger partial charge >= 0.3 is 0 Å². The monoisotopic (exact) mass is 296 g/mol. The Morgan fingerprint density at radius 1 is 1.15 bits per heavy atom. The molecule has 0 aliphatic carbocycles. The Morgan fingerprint density at radius 2 is 1.80 bits per heavy atom. The average Bonchev–Trinajstić information content (AvgIpc) is 2.39. The number of anilines is 1. The van der Waals surface area contributed by atoms with Crippen LogP contribution in [0, 0.1) is 5.92 Å². The van der Waals surface area contributed by atoms with Crippen molar-refractivity contribution in [3.8, 4) is 0 Å². The van der Waals surface area contributed by atoms with Crippen molar-refractivity contribution in [3.63, 3.8) is 0 Å². The quantitative estimate of drug-likeness (QED) is 0.924. The van der Waals surface area contributed by atoms with E-state index in [1.807, 2.05) is 18.2 Å². The maximum absolute atomic E-state index is 9.59. The van der Waals surface area contributed by atoms with Crippen LogP contribution in [0.1, 0.15) is 32.4 Å². The zero-order valence-electron chi connectivity index (χ0n) is 12.6. The zero-order valence-corrected chi connectivity index (χ0v) is 13.4. The van der Waals surface area contributed by atoms with Gasteiger partial charge in [-0.3, -0.25) is 4.90 Å². The second-order valence-corrected chi connectivity index (χ2v) is 6.48. The molecule has 1 saturated heterocycles. The van der Waals surface area contributed by atoms with Gasteiger partial charge in [0.15, 0.2) is 0 Å². The average molecular weight is 297 g/mol. The molecule has 1 fully saturated rings. The van der Waals surface area contributed by atoms with Crippen molar-refractivity contribution >= 4 is 17.3 Å². The lowest BCUT2D eigenvalue weighted by Gasteiger charge is -2.37. The van der Waals surface area contributed by atoms with Crippen LogP contribution in [0.4, 0.5) is 5.69 Å². The van der Waals surface area contributed by atoms with E-state index in [2.05, 4.69) is 23.6 Å². The lowest BCUT2D eigenvalue weighted by molar-refractivity contribution is 0.199. The number of nitrogens with zero attached hydrogens (tertiary/aromatic N) is 2. The van der Waals surface area contributed by atoms with Gasteiger partial charge in [0.25, 0.3) is 0 Å². The Balaban J connectivity index is 2.00. The van der Waals surface area contributed by atoms with E-state index in [9.17, 15) is 5.11 Å². The molecular weight excluding hydrogens is 272 g/mol. The van der Waals surface area contributed by atoms with Crippen molar-refractivity contribution in [1.29, 1.82) is 0 Å². The minimum Gasteiger partial charge on any atom is -0.389 e. The van der Waals surface area contributed by atoms with Crippen LogP contribution in [0.15, 0.2) is 18.2 Å². The molecule has 1 atom stereocenters. The first-order chi connectivity index (χ1) is 9.47. The highest BCUT2D eigenvalue weighted by Crippen LogP contribution is 2.29. The number of benzene rings is 1. The Morgan fingerprint density at radius 3 is 2.30 bits per heavy atom. The molecule has 0 spiro atoms. The minimum atomic E-state index is -0.468. The molecule has 20 heavy (non-hydrogen) atoms. The SMILES string of the molecule is CC(C)CN1CCN(c2ccc(C(C)O)cc2Cl)CC1. The van der Waals surface area contributed by atoms with Crippen LogP contribution in [-0.4, -0.2) is 42.7 Å². The van der Waals surface area contributed by atoms with Crippen molar-refractivity contribution in [1.82, 2.24) is 4.90 Å². The van der Waals surface area contributed by atoms with Crippen LogP contribution in [0.5, 0.6) is 0 Å². The van der Waals surface area contributed by atoms with E-state index in [1.54, 1.807) is 6.92 Å². The smallest absolute Gasteiger partial charge is 0.0762 e. The van der Waals surface area contributed by atoms with Gasteiger partial charge in [0.05, 0.1) is 16.8 Å². The summed E-state index contributed by atoms with van der Waals surface area (Å²) in [6, 6.07) is 5.87. The molecule has 3 nitrogen and oxygen atoms in total. The number of aliphatic hydroxyl groups excluding tert-OH is 1. The summed E-state index contributed by atoms with van der Waals surface area (Å²) in [5.41, 5.74) is 1.96. The Hall–Kier alpha value is -0.770. The van der Waals surface area contributed by atoms with Gasteiger partial charge in [0, 0.05) is 32.7 Å². The number of rotatable bonds is 4. The van der Waals surface area contributed by atoms with Gasteiger partial charge in [-0.25, -0.2) is 0 Å². The number of hydrogen-bond acceptors (Lipinski definition) is 3. The molecule has 1 aliphatic heterocycles. The number of halogens is 1. The van der Waals surface area contributed by atoms with E-state index in [-0.39, 0.29) is 0 Å². The fourth-order valence-corrected chi connectivity index (χ4v) is 3.04. The van der Waals surface area contributed by atoms with Crippen LogP contribution in [0.3, 0.4) is 0 Å². The van der Waals surface area contributed by atoms with Crippen LogP contribution in [0.25, 0.3) is 0 Å². The van der Waals surface area contributed by atoms with Crippen LogP contribution in [0.2, 0.25) is 5.02 Å². The van der Waals surface area contributed by atoms with Crippen LogP contribution < -0.4 is 4.90 Å². The van der Waals surface area contributed by atoms with E-state index >= 15 is 0 Å². The molecule has 4 heteroatoms. The molecule has 0 amide bonds. The summed E-state index contributed by atoms with van der Waals surface area (Å²) in [7, 11) is 0. The number of hydrogen-bond donors (Lipinski definition) is 1. The lowest BCUT2D eigenvalue weighted by atomic mass is 10.1. The molecule has 2 rings (SSSR count). The van der Waals surface area contributed by atoms with E-state index in [4.69, 9.17) is 11.6 Å². The predicted octanol–water partition coefficient (Wildman–Crippen LogP) is 3.17. The summed E-state index contributed by atoms with van der Waals surface area (Å²) in [5.74, 6) is 0.718. The summed E-state index contributed by atoms with van der Waals surface area (Å²) in [5, 5.41) is 10.3. The van der Waals surface area contributed by atoms with Crippen LogP contribution in [-0.2, 0) is 0 Å². The van der Waals surface area contributed by atoms with Crippen LogP contribution >= 0.6 is 11.6 Å². The van der Waals surface area contributed by atoms with Gasteiger partial charge in [0.1, 0.15) is 0 Å². The third-order valence-corrected chi connectivity index (χ3v) is 4.09. The van der Waals surface area contributed by atoms with Crippen molar-refractivity contribution in [3.05, 3.63) is 28.8 Å². The maximum Gasteiger partial charge on any atom is 0.0762 e. The normalized spacial score (nSPS) is 18.6. The molecule has 0 bridgehead atoms. The van der Waals surface area contributed by atoms with Gasteiger partial charge in [-0.2, -0.15) is 0 Å². The first-order valence-electron chi connectivity index (χ1n) is 7.42. The molecule has 0 aromatic heterocycles. The molecule has 1 N–H and O–H groups in total. The van der Waals surface area contributed by atoms with E-state index in [1.165, 1.54) is 6.54 Å². The standard InChI is InChI=1S/C16H25ClN2O/c1-12(2)11-18-6-8-19(9-7-18)16-5-4-14(13(3)20)10-15(16)17/h4-5,10,12-13,20H,6-9,11H2,1-3H3. The highest BCUT2D eigenvalue weighted by Gasteiger charge is 2.19. The first-order valence-corrected chi connectivity index (χ1v) is 7.80. The molecule has 0 saturated carbocycles. The largest absolute Gasteiger partial charge is 0.389 e. The molecule has 1 aromatic rings. The third kappa shape index (κ3) is 3.87. The van der Waals surface area contributed by atoms with Gasteiger partial charge in [-0.05, 0) is 30.5 Å². The Labute approximate surface area is 127 Å². The number of aliphatic hydroxyl groups is 1. The maximum atomic E-state index is 9.59. The van der Waals surface area contributed by atoms with Crippen molar-refractivity contribution in [2.24, 2.45) is 5.92 Å². The van der Waals surface area contributed by atoms with E-state index < -0.39 is 6.10 Å². The molecule has 0 radical (unpaired) electrons. The van der Waals surface area contributed by atoms with Gasteiger partial charge in [-0.1, -0.05) is 31.5 Å². The van der Waals surface area contributed by atoms with E-state index in [0.29, 0.717) is 0 Å². The lowest BCUT2D eigenvalue weighted by Crippen LogP contribution is -2.47. The van der Waals surface area contributed by atoms with Gasteiger partial charge < -0.3 is 10.0 Å². The van der Waals surface area contributed by atoms with Gasteiger partial charge in [-0.15, -0.1) is 0 Å². The summed E-state index contributed by atoms with van der Waals surface area (Å²) >= 11 is 6.36. The second-order valence-electron chi connectivity index (χ2n) is 6.07. The molecular formula is C16H25ClN2O. The first kappa shape index (κ1) is 15.6. The highest BCUT2D eigenvalue weighted by molar-refractivity contribution is 6.33. The van der Waals surface area contributed by atoms with E-state index in [0.717, 1.165) is 48.4 Å². The molecule has 1 aliphatic rings. The predicted molar refractivity (Wildman–Crippen MR) is 85.6 cm³/mol. The van der Waals surface area contributed by atoms with Crippen molar-refractivity contribution in [2.45, 2.75) is 26.9 Å². The highest BCUT2D eigenvalue weighted by atomic mass is 35.5. The molecule has 1 aromatic carbocycles. The topological polar surface area (TPSA) is 26.7 Å². The minimum absolute atomic E-state index is 0.468. The fourth-order valence-electron chi connectivity index (χ4n) is 2.73. The second kappa shape index (κ2) is 6.79. The number of piperazine rings is 1. The molecule has 1 unspecified atom stereocenters. The summed E-state index contributed by atoms with van der Waals surface area (Å²) in [6.07, 6.45) is -0.468. The van der Waals surface area contributed by atoms with Crippen molar-refractivity contribution < 1.29 is 5.11 Å². The Bertz CT molecular complexity index is 440. The summed E-state index contributed by atoms with van der Waals surface area (Å²) in [6.45, 7) is 11.7. The third-order valence-electron chi connectivity index (χ3n) is 3.79. The molecule has 1 heterocycles. The van der Waals surface area contributed by atoms with Crippen molar-refractivity contribution in [2.75, 3.05) is 37.6 Å². The summed E-state index contributed by atoms with van der Waals surface area (Å²) < 4.78 is 0. The van der Waals surface area contributed by atoms with Gasteiger partial charge in [0.2, 0.25) is 0 Å². The fraction of sp³-hybridized carbons (Fsp3) is 0.625. The zero-order chi connectivity index (χ0) is 14.7.